The lowest BCUT2D eigenvalue weighted by Gasteiger charge is -2.24. The molecule has 11 heteroatoms. The summed E-state index contributed by atoms with van der Waals surface area (Å²) in [6, 6.07) is -0.213. The molecular formula is C21H27ClN6O4. The summed E-state index contributed by atoms with van der Waals surface area (Å²) >= 11 is 6.27. The molecule has 1 amide bonds. The first-order valence-electron chi connectivity index (χ1n) is 11.4. The molecule has 0 aromatic carbocycles. The van der Waals surface area contributed by atoms with Crippen LogP contribution in [0.4, 0.5) is 5.82 Å². The van der Waals surface area contributed by atoms with Crippen molar-refractivity contribution in [3.8, 4) is 0 Å². The Morgan fingerprint density at radius 2 is 2.12 bits per heavy atom. The number of aromatic nitrogens is 4. The third kappa shape index (κ3) is 2.82. The van der Waals surface area contributed by atoms with Crippen LogP contribution in [0.2, 0.25) is 5.28 Å². The molecular weight excluding hydrogens is 436 g/mol. The number of imidazole rings is 1. The molecule has 172 valence electrons. The van der Waals surface area contributed by atoms with E-state index >= 15 is 0 Å². The first-order chi connectivity index (χ1) is 15.4. The predicted octanol–water partition coefficient (Wildman–Crippen LogP) is 0.471. The summed E-state index contributed by atoms with van der Waals surface area (Å²) in [5.74, 6) is 1.40. The van der Waals surface area contributed by atoms with Gasteiger partial charge < -0.3 is 30.5 Å². The van der Waals surface area contributed by atoms with E-state index in [1.54, 1.807) is 10.9 Å². The van der Waals surface area contributed by atoms with Crippen LogP contribution in [0.3, 0.4) is 0 Å². The van der Waals surface area contributed by atoms with Crippen molar-refractivity contribution in [2.75, 3.05) is 18.5 Å². The summed E-state index contributed by atoms with van der Waals surface area (Å²) in [6.45, 7) is -0.0792. The van der Waals surface area contributed by atoms with Crippen LogP contribution in [0.5, 0.6) is 0 Å². The molecule has 0 saturated heterocycles. The van der Waals surface area contributed by atoms with E-state index in [1.807, 2.05) is 0 Å². The summed E-state index contributed by atoms with van der Waals surface area (Å²) < 4.78 is 1.72. The van der Waals surface area contributed by atoms with Gasteiger partial charge in [0.05, 0.1) is 30.5 Å². The highest BCUT2D eigenvalue weighted by molar-refractivity contribution is 6.28. The molecule has 2 aromatic heterocycles. The van der Waals surface area contributed by atoms with E-state index in [9.17, 15) is 15.0 Å². The Bertz CT molecular complexity index is 1080. The van der Waals surface area contributed by atoms with Crippen LogP contribution >= 0.6 is 11.6 Å². The van der Waals surface area contributed by atoms with Gasteiger partial charge >= 0.3 is 0 Å². The zero-order chi connectivity index (χ0) is 22.2. The van der Waals surface area contributed by atoms with Gasteiger partial charge in [0.25, 0.3) is 0 Å². The summed E-state index contributed by atoms with van der Waals surface area (Å²) in [4.78, 5) is 26.0. The number of aliphatic hydroxyl groups excluding tert-OH is 3. The van der Waals surface area contributed by atoms with Crippen LogP contribution in [0.1, 0.15) is 38.1 Å². The minimum Gasteiger partial charge on any atom is -0.395 e. The van der Waals surface area contributed by atoms with E-state index in [0.29, 0.717) is 35.4 Å². The van der Waals surface area contributed by atoms with Gasteiger partial charge in [-0.2, -0.15) is 9.97 Å². The number of nitrogens with zero attached hydrogens (tertiary/aromatic N) is 4. The second kappa shape index (κ2) is 7.24. The fourth-order valence-electron chi connectivity index (χ4n) is 6.69. The van der Waals surface area contributed by atoms with Crippen molar-refractivity contribution in [3.63, 3.8) is 0 Å². The van der Waals surface area contributed by atoms with Crippen molar-refractivity contribution in [3.05, 3.63) is 11.6 Å². The molecule has 4 aliphatic carbocycles. The number of amides is 1. The van der Waals surface area contributed by atoms with Gasteiger partial charge in [0.15, 0.2) is 17.0 Å². The van der Waals surface area contributed by atoms with Gasteiger partial charge in [-0.05, 0) is 49.1 Å². The van der Waals surface area contributed by atoms with Crippen LogP contribution < -0.4 is 10.6 Å². The zero-order valence-corrected chi connectivity index (χ0v) is 18.2. The number of halogens is 1. The summed E-state index contributed by atoms with van der Waals surface area (Å²) in [5, 5.41) is 36.9. The van der Waals surface area contributed by atoms with Crippen molar-refractivity contribution >= 4 is 34.5 Å². The lowest BCUT2D eigenvalue weighted by atomic mass is 9.95. The third-order valence-corrected chi connectivity index (χ3v) is 8.44. The van der Waals surface area contributed by atoms with Gasteiger partial charge in [-0.15, -0.1) is 0 Å². The Kier molecular flexibility index (Phi) is 4.66. The number of anilines is 1. The monoisotopic (exact) mass is 462 g/mol. The van der Waals surface area contributed by atoms with Gasteiger partial charge in [-0.1, -0.05) is 6.42 Å². The standard InChI is InChI=1S/C21H27ClN6O4/c22-20-26-17(25-12-6-9-1-2-10(12)5-9)13-18(27-20)28(8-24-13)14-11-7-21(11,16(31)15(14)30)19(32)23-3-4-29/h8-12,14-16,29-31H,1-7H2,(H,23,32)(H,25,26,27)/t9?,10?,11?,12?,14-,15+,16+,21-/m1/s1. The van der Waals surface area contributed by atoms with Gasteiger partial charge in [0, 0.05) is 18.5 Å². The maximum absolute atomic E-state index is 12.7. The van der Waals surface area contributed by atoms with Crippen LogP contribution in [-0.4, -0.2) is 72.1 Å². The van der Waals surface area contributed by atoms with Gasteiger partial charge in [0.1, 0.15) is 6.10 Å². The molecule has 0 radical (unpaired) electrons. The highest BCUT2D eigenvalue weighted by Crippen LogP contribution is 2.67. The highest BCUT2D eigenvalue weighted by Gasteiger charge is 2.75. The summed E-state index contributed by atoms with van der Waals surface area (Å²) in [5.41, 5.74) is -0.0104. The minimum atomic E-state index is -1.21. The molecule has 2 aromatic rings. The van der Waals surface area contributed by atoms with E-state index < -0.39 is 23.7 Å². The molecule has 2 heterocycles. The van der Waals surface area contributed by atoms with E-state index in [2.05, 4.69) is 25.6 Å². The average molecular weight is 463 g/mol. The Morgan fingerprint density at radius 1 is 1.28 bits per heavy atom. The Balaban J connectivity index is 1.32. The molecule has 0 aliphatic heterocycles. The molecule has 0 spiro atoms. The third-order valence-electron chi connectivity index (χ3n) is 8.27. The van der Waals surface area contributed by atoms with E-state index in [0.717, 1.165) is 12.3 Å². The van der Waals surface area contributed by atoms with Gasteiger partial charge in [-0.25, -0.2) is 4.98 Å². The average Bonchev–Trinajstić information content (AvgIpc) is 3.11. The van der Waals surface area contributed by atoms with Crippen molar-refractivity contribution < 1.29 is 20.1 Å². The predicted molar refractivity (Wildman–Crippen MR) is 115 cm³/mol. The van der Waals surface area contributed by atoms with Crippen LogP contribution in [0, 0.1) is 23.2 Å². The molecule has 4 unspecified atom stereocenters. The maximum atomic E-state index is 12.7. The summed E-state index contributed by atoms with van der Waals surface area (Å²) in [7, 11) is 0. The van der Waals surface area contributed by atoms with Gasteiger partial charge in [-0.3, -0.25) is 4.79 Å². The Hall–Kier alpha value is -2.01. The fraction of sp³-hybridized carbons (Fsp3) is 0.714. The zero-order valence-electron chi connectivity index (χ0n) is 17.5. The maximum Gasteiger partial charge on any atom is 0.229 e. The van der Waals surface area contributed by atoms with Crippen LogP contribution in [0.15, 0.2) is 6.33 Å². The van der Waals surface area contributed by atoms with E-state index in [-0.39, 0.29) is 30.3 Å². The van der Waals surface area contributed by atoms with Crippen LogP contribution in [0.25, 0.3) is 11.2 Å². The molecule has 4 saturated carbocycles. The number of carbonyl (C=O) groups excluding carboxylic acids is 1. The SMILES string of the molecule is O=C(NCCO)[C@]12CC1[C@@H](n1cnc3c(NC4CC5CCC4C5)nc(Cl)nc31)[C@H](O)[C@@H]2O. The fourth-order valence-corrected chi connectivity index (χ4v) is 6.86. The number of hydrogen-bond donors (Lipinski definition) is 5. The number of rotatable bonds is 6. The summed E-state index contributed by atoms with van der Waals surface area (Å²) in [6.07, 6.45) is 4.57. The largest absolute Gasteiger partial charge is 0.395 e. The first kappa shape index (κ1) is 20.6. The number of fused-ring (bicyclic) bond motifs is 4. The smallest absolute Gasteiger partial charge is 0.229 e. The van der Waals surface area contributed by atoms with Crippen molar-refractivity contribution in [2.45, 2.75) is 56.4 Å². The lowest BCUT2D eigenvalue weighted by molar-refractivity contribution is -0.132. The second-order valence-electron chi connectivity index (χ2n) is 9.85. The molecule has 4 aliphatic rings. The van der Waals surface area contributed by atoms with E-state index in [4.69, 9.17) is 16.7 Å². The Labute approximate surface area is 189 Å². The topological polar surface area (TPSA) is 145 Å². The molecule has 32 heavy (non-hydrogen) atoms. The lowest BCUT2D eigenvalue weighted by Crippen LogP contribution is -2.43. The first-order valence-corrected chi connectivity index (χ1v) is 11.7. The molecule has 10 nitrogen and oxygen atoms in total. The second-order valence-corrected chi connectivity index (χ2v) is 10.2. The quantitative estimate of drug-likeness (QED) is 0.389. The molecule has 2 bridgehead atoms. The van der Waals surface area contributed by atoms with Crippen molar-refractivity contribution in [1.29, 1.82) is 0 Å². The molecule has 6 rings (SSSR count). The van der Waals surface area contributed by atoms with Crippen molar-refractivity contribution in [1.82, 2.24) is 24.8 Å². The molecule has 5 N–H and O–H groups in total. The number of hydrogen-bond acceptors (Lipinski definition) is 8. The number of carbonyl (C=O) groups is 1. The van der Waals surface area contributed by atoms with E-state index in [1.165, 1.54) is 19.3 Å². The molecule has 8 atom stereocenters. The van der Waals surface area contributed by atoms with Crippen LogP contribution in [-0.2, 0) is 4.79 Å². The molecule has 4 fully saturated rings. The highest BCUT2D eigenvalue weighted by atomic mass is 35.5. The number of aliphatic hydroxyl groups is 3. The van der Waals surface area contributed by atoms with Crippen molar-refractivity contribution in [2.24, 2.45) is 23.2 Å². The van der Waals surface area contributed by atoms with Gasteiger partial charge in [0.2, 0.25) is 11.2 Å². The Morgan fingerprint density at radius 3 is 2.84 bits per heavy atom. The number of nitrogens with one attached hydrogen (secondary N) is 2. The normalized spacial score (nSPS) is 39.4. The minimum absolute atomic E-state index is 0.0840.